The predicted molar refractivity (Wildman–Crippen MR) is 118 cm³/mol. The molecule has 0 unspecified atom stereocenters. The normalized spacial score (nSPS) is 11.8. The van der Waals surface area contributed by atoms with Gasteiger partial charge in [-0.3, -0.25) is 4.79 Å². The summed E-state index contributed by atoms with van der Waals surface area (Å²) in [6.07, 6.45) is 3.40. The van der Waals surface area contributed by atoms with Gasteiger partial charge in [0.05, 0.1) is 12.9 Å². The molecule has 0 aliphatic heterocycles. The quantitative estimate of drug-likeness (QED) is 0.570. The number of fused-ring (bicyclic) bond motifs is 1. The third-order valence-corrected chi connectivity index (χ3v) is 4.69. The van der Waals surface area contributed by atoms with Crippen LogP contribution in [0.15, 0.2) is 59.2 Å². The highest BCUT2D eigenvalue weighted by Crippen LogP contribution is 2.37. The van der Waals surface area contributed by atoms with Crippen LogP contribution in [-0.4, -0.2) is 44.6 Å². The van der Waals surface area contributed by atoms with Crippen molar-refractivity contribution in [2.24, 2.45) is 0 Å². The van der Waals surface area contributed by atoms with E-state index >= 15 is 0 Å². The number of rotatable bonds is 8. The first-order chi connectivity index (χ1) is 14.0. The lowest BCUT2D eigenvalue weighted by Gasteiger charge is -2.12. The number of benzene rings is 2. The molecule has 1 N–H and O–H groups in total. The van der Waals surface area contributed by atoms with Crippen LogP contribution in [0, 0.1) is 0 Å². The monoisotopic (exact) mass is 392 g/mol. The zero-order valence-electron chi connectivity index (χ0n) is 17.5. The highest BCUT2D eigenvalue weighted by atomic mass is 16.5. The Balaban J connectivity index is 1.97. The first-order valence-electron chi connectivity index (χ1n) is 9.84. The molecule has 0 atom stereocenters. The van der Waals surface area contributed by atoms with Gasteiger partial charge in [-0.25, -0.2) is 0 Å². The molecule has 0 radical (unpaired) electrons. The topological polar surface area (TPSA) is 54.7 Å². The van der Waals surface area contributed by atoms with E-state index in [-0.39, 0.29) is 5.91 Å². The van der Waals surface area contributed by atoms with Crippen molar-refractivity contribution >= 4 is 22.4 Å². The van der Waals surface area contributed by atoms with Crippen molar-refractivity contribution in [3.63, 3.8) is 0 Å². The van der Waals surface area contributed by atoms with Crippen molar-refractivity contribution in [1.29, 1.82) is 0 Å². The summed E-state index contributed by atoms with van der Waals surface area (Å²) in [6, 6.07) is 14.1. The molecule has 0 aliphatic rings. The van der Waals surface area contributed by atoms with Gasteiger partial charge in [0.15, 0.2) is 0 Å². The van der Waals surface area contributed by atoms with Crippen LogP contribution in [-0.2, 0) is 4.79 Å². The molecule has 1 amide bonds. The molecule has 29 heavy (non-hydrogen) atoms. The molecule has 0 bridgehead atoms. The Bertz CT molecular complexity index is 1000. The molecule has 0 saturated carbocycles. The molecular formula is C24H28N2O3. The number of carbonyl (C=O) groups excluding carboxylic acids is 1. The molecule has 3 aromatic rings. The highest BCUT2D eigenvalue weighted by molar-refractivity contribution is 6.00. The summed E-state index contributed by atoms with van der Waals surface area (Å²) in [5.74, 6) is 0.603. The maximum Gasteiger partial charge on any atom is 0.244 e. The largest absolute Gasteiger partial charge is 0.493 e. The number of carbonyl (C=O) groups is 1. The average Bonchev–Trinajstić information content (AvgIpc) is 3.10. The minimum Gasteiger partial charge on any atom is -0.493 e. The van der Waals surface area contributed by atoms with Crippen molar-refractivity contribution in [3.8, 4) is 16.9 Å². The average molecular weight is 392 g/mol. The molecule has 5 nitrogen and oxygen atoms in total. The SMILES string of the molecule is CCOc1cc2occ(-c3ccccc3)c2cc1/C(C)=C/C(=O)NCCN(C)C. The molecular weight excluding hydrogens is 364 g/mol. The fourth-order valence-electron chi connectivity index (χ4n) is 3.21. The predicted octanol–water partition coefficient (Wildman–Crippen LogP) is 4.58. The Kier molecular flexibility index (Phi) is 6.73. The van der Waals surface area contributed by atoms with Crippen LogP contribution < -0.4 is 10.1 Å². The van der Waals surface area contributed by atoms with Crippen LogP contribution in [0.25, 0.3) is 27.7 Å². The van der Waals surface area contributed by atoms with Crippen molar-refractivity contribution < 1.29 is 13.9 Å². The maximum atomic E-state index is 12.3. The van der Waals surface area contributed by atoms with E-state index in [9.17, 15) is 4.79 Å². The van der Waals surface area contributed by atoms with Crippen LogP contribution in [0.5, 0.6) is 5.75 Å². The lowest BCUT2D eigenvalue weighted by molar-refractivity contribution is -0.116. The maximum absolute atomic E-state index is 12.3. The first kappa shape index (κ1) is 20.7. The molecule has 0 aliphatic carbocycles. The summed E-state index contributed by atoms with van der Waals surface area (Å²) in [5, 5.41) is 3.91. The van der Waals surface area contributed by atoms with Crippen molar-refractivity contribution in [2.75, 3.05) is 33.8 Å². The fourth-order valence-corrected chi connectivity index (χ4v) is 3.21. The standard InChI is InChI=1S/C24H28N2O3/c1-5-28-22-15-23-20(21(16-29-23)18-9-7-6-8-10-18)14-19(22)17(2)13-24(27)25-11-12-26(3)4/h6-10,13-16H,5,11-12H2,1-4H3,(H,25,27)/b17-13+. The Morgan fingerprint density at radius 3 is 2.66 bits per heavy atom. The molecule has 0 spiro atoms. The van der Waals surface area contributed by atoms with Gasteiger partial charge in [-0.05, 0) is 45.1 Å². The highest BCUT2D eigenvalue weighted by Gasteiger charge is 2.15. The fraction of sp³-hybridized carbons (Fsp3) is 0.292. The van der Waals surface area contributed by atoms with E-state index in [1.807, 2.05) is 63.2 Å². The minimum absolute atomic E-state index is 0.109. The van der Waals surface area contributed by atoms with Gasteiger partial charge in [0, 0.05) is 41.7 Å². The number of ether oxygens (including phenoxy) is 1. The smallest absolute Gasteiger partial charge is 0.244 e. The van der Waals surface area contributed by atoms with Crippen LogP contribution in [0.4, 0.5) is 0 Å². The lowest BCUT2D eigenvalue weighted by atomic mass is 9.99. The van der Waals surface area contributed by atoms with Gasteiger partial charge >= 0.3 is 0 Å². The van der Waals surface area contributed by atoms with Gasteiger partial charge in [0.25, 0.3) is 0 Å². The van der Waals surface area contributed by atoms with E-state index in [4.69, 9.17) is 9.15 Å². The van der Waals surface area contributed by atoms with Crippen LogP contribution in [0.1, 0.15) is 19.4 Å². The molecule has 1 aromatic heterocycles. The van der Waals surface area contributed by atoms with Gasteiger partial charge in [-0.1, -0.05) is 30.3 Å². The number of amides is 1. The van der Waals surface area contributed by atoms with Gasteiger partial charge < -0.3 is 19.4 Å². The van der Waals surface area contributed by atoms with E-state index in [1.165, 1.54) is 0 Å². The molecule has 0 fully saturated rings. The van der Waals surface area contributed by atoms with Crippen molar-refractivity contribution in [2.45, 2.75) is 13.8 Å². The zero-order valence-corrected chi connectivity index (χ0v) is 17.5. The van der Waals surface area contributed by atoms with Gasteiger partial charge in [0.1, 0.15) is 11.3 Å². The Morgan fingerprint density at radius 1 is 1.21 bits per heavy atom. The number of likely N-dealkylation sites (N-methyl/N-ethyl adjacent to an activating group) is 1. The lowest BCUT2D eigenvalue weighted by Crippen LogP contribution is -2.30. The molecule has 3 rings (SSSR count). The molecule has 2 aromatic carbocycles. The van der Waals surface area contributed by atoms with Gasteiger partial charge in [-0.15, -0.1) is 0 Å². The number of nitrogens with zero attached hydrogens (tertiary/aromatic N) is 1. The second kappa shape index (κ2) is 9.43. The second-order valence-corrected chi connectivity index (χ2v) is 7.21. The molecule has 5 heteroatoms. The number of nitrogens with one attached hydrogen (secondary N) is 1. The van der Waals surface area contributed by atoms with Gasteiger partial charge in [-0.2, -0.15) is 0 Å². The Labute approximate surface area is 172 Å². The minimum atomic E-state index is -0.109. The summed E-state index contributed by atoms with van der Waals surface area (Å²) < 4.78 is 11.6. The van der Waals surface area contributed by atoms with Gasteiger partial charge in [0.2, 0.25) is 5.91 Å². The number of allylic oxidation sites excluding steroid dienone is 1. The second-order valence-electron chi connectivity index (χ2n) is 7.21. The third kappa shape index (κ3) is 5.06. The van der Waals surface area contributed by atoms with E-state index in [0.29, 0.717) is 18.9 Å². The van der Waals surface area contributed by atoms with Crippen molar-refractivity contribution in [1.82, 2.24) is 10.2 Å². The van der Waals surface area contributed by atoms with E-state index in [0.717, 1.165) is 39.8 Å². The van der Waals surface area contributed by atoms with Crippen LogP contribution >= 0.6 is 0 Å². The molecule has 152 valence electrons. The summed E-state index contributed by atoms with van der Waals surface area (Å²) in [4.78, 5) is 14.3. The van der Waals surface area contributed by atoms with E-state index in [1.54, 1.807) is 12.3 Å². The van der Waals surface area contributed by atoms with E-state index in [2.05, 4.69) is 17.4 Å². The number of furan rings is 1. The van der Waals surface area contributed by atoms with Crippen LogP contribution in [0.2, 0.25) is 0 Å². The van der Waals surface area contributed by atoms with E-state index < -0.39 is 0 Å². The summed E-state index contributed by atoms with van der Waals surface area (Å²) in [5.41, 5.74) is 4.61. The summed E-state index contributed by atoms with van der Waals surface area (Å²) in [6.45, 7) is 5.81. The third-order valence-electron chi connectivity index (χ3n) is 4.69. The summed E-state index contributed by atoms with van der Waals surface area (Å²) in [7, 11) is 3.96. The first-order valence-corrected chi connectivity index (χ1v) is 9.84. The van der Waals surface area contributed by atoms with Crippen LogP contribution in [0.3, 0.4) is 0 Å². The Morgan fingerprint density at radius 2 is 1.97 bits per heavy atom. The number of hydrogen-bond acceptors (Lipinski definition) is 4. The molecule has 0 saturated heterocycles. The molecule has 1 heterocycles. The summed E-state index contributed by atoms with van der Waals surface area (Å²) >= 11 is 0. The number of hydrogen-bond donors (Lipinski definition) is 1. The van der Waals surface area contributed by atoms with Crippen molar-refractivity contribution in [3.05, 3.63) is 60.4 Å². The Hall–Kier alpha value is -3.05. The zero-order chi connectivity index (χ0) is 20.8.